The van der Waals surface area contributed by atoms with Gasteiger partial charge in [-0.15, -0.1) is 0 Å². The van der Waals surface area contributed by atoms with Crippen molar-refractivity contribution in [3.05, 3.63) is 65.9 Å². The fourth-order valence-electron chi connectivity index (χ4n) is 5.50. The molecule has 1 unspecified atom stereocenters. The highest BCUT2D eigenvalue weighted by Crippen LogP contribution is 2.43. The van der Waals surface area contributed by atoms with Crippen LogP contribution in [0.15, 0.2) is 54.6 Å². The normalized spacial score (nSPS) is 16.6. The van der Waals surface area contributed by atoms with E-state index in [9.17, 15) is 14.5 Å². The van der Waals surface area contributed by atoms with Gasteiger partial charge in [0.05, 0.1) is 6.61 Å². The molecular weight excluding hydrogens is 509 g/mol. The Morgan fingerprint density at radius 2 is 1.87 bits per heavy atom. The topological polar surface area (TPSA) is 103 Å². The van der Waals surface area contributed by atoms with Crippen LogP contribution in [0.25, 0.3) is 10.9 Å². The summed E-state index contributed by atoms with van der Waals surface area (Å²) < 4.78 is 19.7. The van der Waals surface area contributed by atoms with Crippen molar-refractivity contribution in [2.75, 3.05) is 32.0 Å². The number of ether oxygens (including phenoxy) is 1. The zero-order chi connectivity index (χ0) is 27.5. The number of aromatic nitrogens is 1. The molecule has 2 heterocycles. The summed E-state index contributed by atoms with van der Waals surface area (Å²) in [7, 11) is -2.90. The summed E-state index contributed by atoms with van der Waals surface area (Å²) in [6, 6.07) is 16.9. The van der Waals surface area contributed by atoms with Crippen molar-refractivity contribution in [1.29, 1.82) is 0 Å². The molecule has 0 saturated carbocycles. The van der Waals surface area contributed by atoms with E-state index in [1.165, 1.54) is 25.7 Å². The Morgan fingerprint density at radius 3 is 2.59 bits per heavy atom. The van der Waals surface area contributed by atoms with Crippen molar-refractivity contribution in [1.82, 2.24) is 15.4 Å². The summed E-state index contributed by atoms with van der Waals surface area (Å²) in [4.78, 5) is 15.5. The van der Waals surface area contributed by atoms with Gasteiger partial charge in [-0.05, 0) is 99.2 Å². The lowest BCUT2D eigenvalue weighted by Gasteiger charge is -2.24. The minimum atomic E-state index is -2.90. The van der Waals surface area contributed by atoms with Gasteiger partial charge in [0.15, 0.2) is 0 Å². The summed E-state index contributed by atoms with van der Waals surface area (Å²) in [6.07, 6.45) is 8.57. The third kappa shape index (κ3) is 9.23. The number of unbranched alkanes of at least 4 members (excludes halogenated alkanes) is 1. The molecular formula is C31H44N3O4P. The Hall–Kier alpha value is -2.60. The number of nitrogens with one attached hydrogen (secondary N) is 3. The third-order valence-corrected chi connectivity index (χ3v) is 10.6. The number of aryl methyl sites for hydroxylation is 1. The molecule has 1 aliphatic rings. The van der Waals surface area contributed by atoms with Crippen LogP contribution in [0, 0.1) is 5.92 Å². The molecule has 2 atom stereocenters. The van der Waals surface area contributed by atoms with Crippen LogP contribution in [0.2, 0.25) is 0 Å². The van der Waals surface area contributed by atoms with Crippen molar-refractivity contribution in [3.63, 3.8) is 0 Å². The summed E-state index contributed by atoms with van der Waals surface area (Å²) in [5.41, 5.74) is 2.95. The Labute approximate surface area is 232 Å². The second kappa shape index (κ2) is 14.7. The molecule has 7 nitrogen and oxygen atoms in total. The second-order valence-electron chi connectivity index (χ2n) is 10.9. The maximum Gasteiger partial charge on any atom is 0.321 e. The number of carboxylic acids is 1. The van der Waals surface area contributed by atoms with E-state index in [0.29, 0.717) is 25.4 Å². The zero-order valence-corrected chi connectivity index (χ0v) is 24.1. The van der Waals surface area contributed by atoms with Gasteiger partial charge in [-0.2, -0.15) is 0 Å². The molecule has 212 valence electrons. The highest BCUT2D eigenvalue weighted by atomic mass is 31.2. The van der Waals surface area contributed by atoms with Crippen molar-refractivity contribution < 1.29 is 19.2 Å². The van der Waals surface area contributed by atoms with Gasteiger partial charge in [-0.25, -0.2) is 0 Å². The average molecular weight is 554 g/mol. The zero-order valence-electron chi connectivity index (χ0n) is 23.2. The largest absolute Gasteiger partial charge is 0.494 e. The quantitative estimate of drug-likeness (QED) is 0.124. The van der Waals surface area contributed by atoms with E-state index in [0.717, 1.165) is 59.8 Å². The number of piperidine rings is 1. The Morgan fingerprint density at radius 1 is 1.10 bits per heavy atom. The average Bonchev–Trinajstić information content (AvgIpc) is 3.36. The number of para-hydroxylation sites is 1. The third-order valence-electron chi connectivity index (χ3n) is 7.70. The number of fused-ring (bicyclic) bond motifs is 1. The SMILES string of the molecule is CCCP(=O)(CCc1cc2ccccc2[nH]1)N[C@@H](Cc1ccc(OCCCCC2CCNCC2)cc1)C(=O)O. The minimum Gasteiger partial charge on any atom is -0.494 e. The minimum absolute atomic E-state index is 0.270. The van der Waals surface area contributed by atoms with Crippen LogP contribution < -0.4 is 15.1 Å². The molecule has 4 N–H and O–H groups in total. The lowest BCUT2D eigenvalue weighted by Crippen LogP contribution is -2.37. The maximum atomic E-state index is 13.8. The van der Waals surface area contributed by atoms with Crippen molar-refractivity contribution in [2.24, 2.45) is 5.92 Å². The van der Waals surface area contributed by atoms with Gasteiger partial charge in [-0.3, -0.25) is 9.88 Å². The number of hydrogen-bond acceptors (Lipinski definition) is 4. The Kier molecular flexibility index (Phi) is 11.1. The molecule has 1 aromatic heterocycles. The second-order valence-corrected chi connectivity index (χ2v) is 13.8. The number of benzene rings is 2. The number of carbonyl (C=O) groups is 1. The highest BCUT2D eigenvalue weighted by molar-refractivity contribution is 7.61. The van der Waals surface area contributed by atoms with Gasteiger partial charge in [0.25, 0.3) is 0 Å². The molecule has 0 aliphatic carbocycles. The number of carboxylic acid groups (broad SMARTS) is 1. The van der Waals surface area contributed by atoms with Crippen LogP contribution in [0.1, 0.15) is 56.7 Å². The van der Waals surface area contributed by atoms with Gasteiger partial charge in [-0.1, -0.05) is 43.7 Å². The summed E-state index contributed by atoms with van der Waals surface area (Å²) in [5.74, 6) is 0.670. The van der Waals surface area contributed by atoms with E-state index in [1.54, 1.807) is 0 Å². The van der Waals surface area contributed by atoms with Crippen LogP contribution >= 0.6 is 7.29 Å². The van der Waals surface area contributed by atoms with Gasteiger partial charge >= 0.3 is 5.97 Å². The standard InChI is InChI=1S/C31H44N3O4P/c1-2-20-39(37,21-16-27-23-26-8-3-4-9-29(26)33-27)34-30(31(35)36)22-25-10-12-28(13-11-25)38-19-6-5-7-24-14-17-32-18-15-24/h3-4,8-13,23-24,30,32-33H,2,5-7,14-22H2,1H3,(H,34,37)(H,35,36)/t30-,39?/m0/s1. The molecule has 2 aromatic carbocycles. The fourth-order valence-corrected chi connectivity index (χ4v) is 8.07. The number of aliphatic carboxylic acids is 1. The molecule has 4 rings (SSSR count). The predicted molar refractivity (Wildman–Crippen MR) is 159 cm³/mol. The molecule has 0 amide bonds. The van der Waals surface area contributed by atoms with Crippen molar-refractivity contribution in [2.45, 2.75) is 64.3 Å². The molecule has 1 aliphatic heterocycles. The summed E-state index contributed by atoms with van der Waals surface area (Å²) in [5, 5.41) is 17.6. The van der Waals surface area contributed by atoms with E-state index in [-0.39, 0.29) is 6.42 Å². The van der Waals surface area contributed by atoms with E-state index in [1.807, 2.05) is 55.5 Å². The Balaban J connectivity index is 1.26. The van der Waals surface area contributed by atoms with Crippen LogP contribution in [0.3, 0.4) is 0 Å². The van der Waals surface area contributed by atoms with Crippen molar-refractivity contribution in [3.8, 4) is 5.75 Å². The Bertz CT molecular complexity index is 1190. The lowest BCUT2D eigenvalue weighted by atomic mass is 9.93. The van der Waals surface area contributed by atoms with E-state index in [2.05, 4.69) is 21.5 Å². The molecule has 8 heteroatoms. The summed E-state index contributed by atoms with van der Waals surface area (Å²) in [6.45, 7) is 4.97. The van der Waals surface area contributed by atoms with E-state index >= 15 is 0 Å². The highest BCUT2D eigenvalue weighted by Gasteiger charge is 2.29. The first-order chi connectivity index (χ1) is 18.9. The monoisotopic (exact) mass is 553 g/mol. The molecule has 0 bridgehead atoms. The van der Waals surface area contributed by atoms with Crippen LogP contribution in [0.5, 0.6) is 5.75 Å². The summed E-state index contributed by atoms with van der Waals surface area (Å²) >= 11 is 0. The van der Waals surface area contributed by atoms with Crippen molar-refractivity contribution >= 4 is 24.2 Å². The number of H-pyrrole nitrogens is 1. The van der Waals surface area contributed by atoms with Crippen LogP contribution in [0.4, 0.5) is 0 Å². The number of aromatic amines is 1. The van der Waals surface area contributed by atoms with Crippen LogP contribution in [-0.4, -0.2) is 54.1 Å². The molecule has 39 heavy (non-hydrogen) atoms. The van der Waals surface area contributed by atoms with Gasteiger partial charge in [0, 0.05) is 23.5 Å². The number of rotatable bonds is 16. The molecule has 0 radical (unpaired) electrons. The predicted octanol–water partition coefficient (Wildman–Crippen LogP) is 6.23. The van der Waals surface area contributed by atoms with E-state index < -0.39 is 19.3 Å². The van der Waals surface area contributed by atoms with Gasteiger partial charge in [0.2, 0.25) is 0 Å². The fraction of sp³-hybridized carbons (Fsp3) is 0.516. The van der Waals surface area contributed by atoms with Crippen LogP contribution in [-0.2, 0) is 22.2 Å². The first kappa shape index (κ1) is 29.4. The molecule has 0 spiro atoms. The smallest absolute Gasteiger partial charge is 0.321 e. The first-order valence-electron chi connectivity index (χ1n) is 14.5. The van der Waals surface area contributed by atoms with Gasteiger partial charge in [0.1, 0.15) is 19.1 Å². The molecule has 3 aromatic rings. The van der Waals surface area contributed by atoms with Gasteiger partial charge < -0.3 is 24.7 Å². The molecule has 1 fully saturated rings. The molecule has 1 saturated heterocycles. The van der Waals surface area contributed by atoms with E-state index in [4.69, 9.17) is 4.74 Å². The maximum absolute atomic E-state index is 13.8. The lowest BCUT2D eigenvalue weighted by molar-refractivity contribution is -0.138. The number of hydrogen-bond donors (Lipinski definition) is 4. The first-order valence-corrected chi connectivity index (χ1v) is 16.6.